The van der Waals surface area contributed by atoms with Crippen LogP contribution in [-0.4, -0.2) is 0 Å². The van der Waals surface area contributed by atoms with Gasteiger partial charge in [0.25, 0.3) is 0 Å². The van der Waals surface area contributed by atoms with Crippen LogP contribution in [0.3, 0.4) is 0 Å². The molecule has 0 fully saturated rings. The SMILES string of the molecule is CCC(C)(C)C(N)c1cc(C)c(Br)s1. The summed E-state index contributed by atoms with van der Waals surface area (Å²) in [5.41, 5.74) is 7.72. The molecule has 2 N–H and O–H groups in total. The van der Waals surface area contributed by atoms with E-state index in [1.54, 1.807) is 11.3 Å². The first-order valence-corrected chi connectivity index (χ1v) is 6.51. The molecule has 0 saturated heterocycles. The second-order valence-electron chi connectivity index (χ2n) is 4.43. The van der Waals surface area contributed by atoms with Crippen molar-refractivity contribution in [1.29, 1.82) is 0 Å². The minimum absolute atomic E-state index is 0.141. The summed E-state index contributed by atoms with van der Waals surface area (Å²) < 4.78 is 1.20. The van der Waals surface area contributed by atoms with E-state index in [0.717, 1.165) is 6.42 Å². The maximum Gasteiger partial charge on any atom is 0.0731 e. The maximum absolute atomic E-state index is 6.26. The van der Waals surface area contributed by atoms with Crippen molar-refractivity contribution in [2.45, 2.75) is 40.2 Å². The first-order valence-electron chi connectivity index (χ1n) is 4.90. The van der Waals surface area contributed by atoms with Crippen LogP contribution in [0.5, 0.6) is 0 Å². The molecule has 1 atom stereocenters. The van der Waals surface area contributed by atoms with Crippen LogP contribution < -0.4 is 5.73 Å². The van der Waals surface area contributed by atoms with Gasteiger partial charge < -0.3 is 5.73 Å². The molecule has 0 radical (unpaired) electrons. The van der Waals surface area contributed by atoms with Crippen molar-refractivity contribution in [3.05, 3.63) is 20.3 Å². The summed E-state index contributed by atoms with van der Waals surface area (Å²) in [4.78, 5) is 1.28. The standard InChI is InChI=1S/C11H18BrNS/c1-5-11(3,4)9(13)8-6-7(2)10(12)14-8/h6,9H,5,13H2,1-4H3. The zero-order valence-corrected chi connectivity index (χ0v) is 11.6. The number of halogens is 1. The summed E-state index contributed by atoms with van der Waals surface area (Å²) in [5, 5.41) is 0. The molecule has 0 aromatic carbocycles. The molecule has 1 aromatic heterocycles. The Labute approximate surface area is 98.8 Å². The van der Waals surface area contributed by atoms with Gasteiger partial charge in [0.1, 0.15) is 0 Å². The van der Waals surface area contributed by atoms with Gasteiger partial charge in [0, 0.05) is 10.9 Å². The normalized spacial score (nSPS) is 14.4. The summed E-state index contributed by atoms with van der Waals surface area (Å²) >= 11 is 5.29. The number of thiophene rings is 1. The number of rotatable bonds is 3. The Morgan fingerprint density at radius 1 is 1.57 bits per heavy atom. The lowest BCUT2D eigenvalue weighted by molar-refractivity contribution is 0.281. The van der Waals surface area contributed by atoms with Crippen molar-refractivity contribution in [2.24, 2.45) is 11.1 Å². The van der Waals surface area contributed by atoms with E-state index >= 15 is 0 Å². The minimum Gasteiger partial charge on any atom is -0.323 e. The predicted molar refractivity (Wildman–Crippen MR) is 67.8 cm³/mol. The van der Waals surface area contributed by atoms with Crippen molar-refractivity contribution in [3.63, 3.8) is 0 Å². The monoisotopic (exact) mass is 275 g/mol. The molecule has 1 heterocycles. The fraction of sp³-hybridized carbons (Fsp3) is 0.636. The van der Waals surface area contributed by atoms with Crippen molar-refractivity contribution in [2.75, 3.05) is 0 Å². The van der Waals surface area contributed by atoms with E-state index in [4.69, 9.17) is 5.73 Å². The van der Waals surface area contributed by atoms with Gasteiger partial charge in [-0.05, 0) is 46.3 Å². The molecule has 14 heavy (non-hydrogen) atoms. The molecule has 0 spiro atoms. The van der Waals surface area contributed by atoms with E-state index in [-0.39, 0.29) is 11.5 Å². The van der Waals surface area contributed by atoms with Crippen LogP contribution in [0.25, 0.3) is 0 Å². The van der Waals surface area contributed by atoms with Gasteiger partial charge in [-0.3, -0.25) is 0 Å². The number of aryl methyl sites for hydroxylation is 1. The molecule has 80 valence electrons. The third-order valence-corrected chi connectivity index (χ3v) is 5.16. The molecule has 0 bridgehead atoms. The molecule has 0 aliphatic heterocycles. The Bertz CT molecular complexity index is 298. The van der Waals surface area contributed by atoms with Crippen LogP contribution in [0.4, 0.5) is 0 Å². The van der Waals surface area contributed by atoms with E-state index in [1.165, 1.54) is 14.2 Å². The molecule has 1 unspecified atom stereocenters. The molecule has 0 aliphatic carbocycles. The van der Waals surface area contributed by atoms with Gasteiger partial charge in [0.05, 0.1) is 3.79 Å². The van der Waals surface area contributed by atoms with E-state index in [2.05, 4.69) is 49.7 Å². The summed E-state index contributed by atoms with van der Waals surface area (Å²) in [6.07, 6.45) is 1.10. The Balaban J connectivity index is 2.94. The van der Waals surface area contributed by atoms with Crippen molar-refractivity contribution in [1.82, 2.24) is 0 Å². The third-order valence-electron chi connectivity index (χ3n) is 2.94. The van der Waals surface area contributed by atoms with Crippen molar-refractivity contribution < 1.29 is 0 Å². The van der Waals surface area contributed by atoms with Gasteiger partial charge >= 0.3 is 0 Å². The highest BCUT2D eigenvalue weighted by Crippen LogP contribution is 2.39. The van der Waals surface area contributed by atoms with Gasteiger partial charge in [-0.25, -0.2) is 0 Å². The van der Waals surface area contributed by atoms with E-state index < -0.39 is 0 Å². The second-order valence-corrected chi connectivity index (χ2v) is 6.83. The predicted octanol–water partition coefficient (Wildman–Crippen LogP) is 4.26. The minimum atomic E-state index is 0.141. The Kier molecular flexibility index (Phi) is 3.78. The van der Waals surface area contributed by atoms with Gasteiger partial charge in [-0.15, -0.1) is 11.3 Å². The molecular formula is C11H18BrNS. The molecule has 1 rings (SSSR count). The summed E-state index contributed by atoms with van der Waals surface area (Å²) in [5.74, 6) is 0. The fourth-order valence-electron chi connectivity index (χ4n) is 1.24. The van der Waals surface area contributed by atoms with Crippen LogP contribution in [-0.2, 0) is 0 Å². The molecular weight excluding hydrogens is 258 g/mol. The van der Waals surface area contributed by atoms with Crippen molar-refractivity contribution >= 4 is 27.3 Å². The number of hydrogen-bond acceptors (Lipinski definition) is 2. The highest BCUT2D eigenvalue weighted by atomic mass is 79.9. The van der Waals surface area contributed by atoms with Crippen LogP contribution in [0, 0.1) is 12.3 Å². The smallest absolute Gasteiger partial charge is 0.0731 e. The van der Waals surface area contributed by atoms with Crippen LogP contribution in [0.2, 0.25) is 0 Å². The van der Waals surface area contributed by atoms with E-state index in [9.17, 15) is 0 Å². The topological polar surface area (TPSA) is 26.0 Å². The quantitative estimate of drug-likeness (QED) is 0.877. The molecule has 0 aliphatic rings. The first-order chi connectivity index (χ1) is 6.38. The Morgan fingerprint density at radius 3 is 2.50 bits per heavy atom. The molecule has 1 aromatic rings. The van der Waals surface area contributed by atoms with Gasteiger partial charge in [-0.2, -0.15) is 0 Å². The molecule has 1 nitrogen and oxygen atoms in total. The highest BCUT2D eigenvalue weighted by molar-refractivity contribution is 9.11. The average molecular weight is 276 g/mol. The van der Waals surface area contributed by atoms with Crippen LogP contribution in [0.15, 0.2) is 9.85 Å². The average Bonchev–Trinajstić information content (AvgIpc) is 2.45. The van der Waals surface area contributed by atoms with Crippen LogP contribution in [0.1, 0.15) is 43.7 Å². The fourth-order valence-corrected chi connectivity index (χ4v) is 3.03. The van der Waals surface area contributed by atoms with Gasteiger partial charge in [0.15, 0.2) is 0 Å². The zero-order valence-electron chi connectivity index (χ0n) is 9.23. The van der Waals surface area contributed by atoms with E-state index in [0.29, 0.717) is 0 Å². The molecule has 0 amide bonds. The Morgan fingerprint density at radius 2 is 2.14 bits per heavy atom. The van der Waals surface area contributed by atoms with Gasteiger partial charge in [-0.1, -0.05) is 20.8 Å². The number of hydrogen-bond donors (Lipinski definition) is 1. The lowest BCUT2D eigenvalue weighted by Crippen LogP contribution is -2.27. The van der Waals surface area contributed by atoms with Crippen LogP contribution >= 0.6 is 27.3 Å². The first kappa shape index (κ1) is 12.2. The highest BCUT2D eigenvalue weighted by Gasteiger charge is 2.27. The summed E-state index contributed by atoms with van der Waals surface area (Å²) in [6, 6.07) is 2.33. The van der Waals surface area contributed by atoms with E-state index in [1.807, 2.05) is 0 Å². The summed E-state index contributed by atoms with van der Waals surface area (Å²) in [7, 11) is 0. The lowest BCUT2D eigenvalue weighted by atomic mass is 9.81. The Hall–Kier alpha value is 0.140. The zero-order chi connectivity index (χ0) is 10.9. The third kappa shape index (κ3) is 2.38. The molecule has 0 saturated carbocycles. The summed E-state index contributed by atoms with van der Waals surface area (Å²) in [6.45, 7) is 8.74. The maximum atomic E-state index is 6.26. The molecule has 3 heteroatoms. The van der Waals surface area contributed by atoms with Gasteiger partial charge in [0.2, 0.25) is 0 Å². The van der Waals surface area contributed by atoms with Crippen molar-refractivity contribution in [3.8, 4) is 0 Å². The number of nitrogens with two attached hydrogens (primary N) is 1. The second kappa shape index (κ2) is 4.33. The largest absolute Gasteiger partial charge is 0.323 e. The lowest BCUT2D eigenvalue weighted by Gasteiger charge is -2.29.